The van der Waals surface area contributed by atoms with E-state index in [-0.39, 0.29) is 12.3 Å². The van der Waals surface area contributed by atoms with E-state index in [1.54, 1.807) is 0 Å². The molecule has 6 nitrogen and oxygen atoms in total. The molecular weight excluding hydrogens is 258 g/mol. The Morgan fingerprint density at radius 2 is 2.25 bits per heavy atom. The summed E-state index contributed by atoms with van der Waals surface area (Å²) in [5, 5.41) is 8.03. The van der Waals surface area contributed by atoms with Crippen LogP contribution in [0.4, 0.5) is 0 Å². The first kappa shape index (κ1) is 11.7. The zero-order valence-electron chi connectivity index (χ0n) is 8.38. The number of hydrogen-bond acceptors (Lipinski definition) is 4. The van der Waals surface area contributed by atoms with Crippen LogP contribution in [0.25, 0.3) is 0 Å². The van der Waals surface area contributed by atoms with Crippen molar-refractivity contribution in [1.82, 2.24) is 4.90 Å². The lowest BCUT2D eigenvalue weighted by Gasteiger charge is -2.35. The molecule has 1 amide bonds. The van der Waals surface area contributed by atoms with Gasteiger partial charge in [-0.05, 0) is 6.92 Å². The Labute approximate surface area is 97.1 Å². The summed E-state index contributed by atoms with van der Waals surface area (Å²) >= 11 is 5.60. The normalized spacial score (nSPS) is 40.4. The topological polar surface area (TPSA) is 91.8 Å². The fourth-order valence-electron chi connectivity index (χ4n) is 2.26. The lowest BCUT2D eigenvalue weighted by molar-refractivity contribution is -0.157. The zero-order valence-corrected chi connectivity index (χ0v) is 9.95. The highest BCUT2D eigenvalue weighted by molar-refractivity contribution is 7.94. The highest BCUT2D eigenvalue weighted by atomic mass is 35.5. The third kappa shape index (κ3) is 1.05. The van der Waals surface area contributed by atoms with E-state index in [1.165, 1.54) is 6.92 Å². The van der Waals surface area contributed by atoms with E-state index >= 15 is 0 Å². The first-order valence-electron chi connectivity index (χ1n) is 4.60. The van der Waals surface area contributed by atoms with Crippen LogP contribution in [0.2, 0.25) is 0 Å². The average molecular weight is 268 g/mol. The van der Waals surface area contributed by atoms with E-state index < -0.39 is 37.9 Å². The minimum Gasteiger partial charge on any atom is -0.480 e. The number of halogens is 1. The molecule has 2 fully saturated rings. The van der Waals surface area contributed by atoms with Gasteiger partial charge in [0.2, 0.25) is 5.91 Å². The number of hydrogen-bond donors (Lipinski definition) is 1. The Balaban J connectivity index is 2.59. The van der Waals surface area contributed by atoms with Gasteiger partial charge in [-0.25, -0.2) is 13.2 Å². The van der Waals surface area contributed by atoms with Crippen molar-refractivity contribution in [3.05, 3.63) is 0 Å². The number of β-lactam (4-membered cyclic amide) rings is 1. The fraction of sp³-hybridized carbons (Fsp3) is 0.750. The molecule has 2 aliphatic heterocycles. The largest absolute Gasteiger partial charge is 0.480 e. The van der Waals surface area contributed by atoms with E-state index in [0.29, 0.717) is 0 Å². The second kappa shape index (κ2) is 3.10. The summed E-state index contributed by atoms with van der Waals surface area (Å²) < 4.78 is 22.5. The number of fused-ring (bicyclic) bond motifs is 1. The molecule has 0 unspecified atom stereocenters. The monoisotopic (exact) mass is 267 g/mol. The Bertz CT molecular complexity index is 475. The van der Waals surface area contributed by atoms with Crippen molar-refractivity contribution in [2.75, 3.05) is 5.88 Å². The lowest BCUT2D eigenvalue weighted by atomic mass is 9.98. The van der Waals surface area contributed by atoms with Gasteiger partial charge in [0.1, 0.15) is 10.1 Å². The quantitative estimate of drug-likeness (QED) is 0.534. The summed E-state index contributed by atoms with van der Waals surface area (Å²) in [5.41, 5.74) is 0. The molecule has 0 aromatic rings. The van der Waals surface area contributed by atoms with Crippen LogP contribution >= 0.6 is 11.6 Å². The first-order chi connectivity index (χ1) is 7.27. The number of alkyl halides is 1. The van der Waals surface area contributed by atoms with Crippen molar-refractivity contribution in [3.8, 4) is 0 Å². The van der Waals surface area contributed by atoms with Crippen molar-refractivity contribution in [1.29, 1.82) is 0 Å². The number of amides is 1. The second-order valence-corrected chi connectivity index (χ2v) is 7.03. The summed E-state index contributed by atoms with van der Waals surface area (Å²) in [6.45, 7) is 1.28. The molecule has 0 radical (unpaired) electrons. The maximum atomic E-state index is 12.0. The molecule has 2 saturated heterocycles. The molecule has 0 saturated carbocycles. The molecule has 2 heterocycles. The van der Waals surface area contributed by atoms with E-state index in [1.807, 2.05) is 0 Å². The predicted octanol–water partition coefficient (Wildman–Crippen LogP) is -0.576. The van der Waals surface area contributed by atoms with Gasteiger partial charge in [-0.3, -0.25) is 4.79 Å². The maximum Gasteiger partial charge on any atom is 0.328 e. The van der Waals surface area contributed by atoms with Gasteiger partial charge in [0.05, 0.1) is 6.42 Å². The van der Waals surface area contributed by atoms with Crippen LogP contribution in [0.5, 0.6) is 0 Å². The van der Waals surface area contributed by atoms with Crippen LogP contribution in [-0.4, -0.2) is 52.3 Å². The van der Waals surface area contributed by atoms with Gasteiger partial charge in [-0.15, -0.1) is 11.6 Å². The van der Waals surface area contributed by atoms with Crippen molar-refractivity contribution >= 4 is 33.3 Å². The Morgan fingerprint density at radius 1 is 1.69 bits per heavy atom. The molecule has 1 N–H and O–H groups in total. The number of rotatable bonds is 2. The number of carbonyl (C=O) groups is 2. The molecule has 8 heteroatoms. The minimum atomic E-state index is -3.71. The first-order valence-corrected chi connectivity index (χ1v) is 6.69. The number of carboxylic acid groups (broad SMARTS) is 1. The van der Waals surface area contributed by atoms with Gasteiger partial charge in [0.25, 0.3) is 0 Å². The second-order valence-electron chi connectivity index (χ2n) is 4.19. The van der Waals surface area contributed by atoms with Crippen LogP contribution in [0, 0.1) is 0 Å². The summed E-state index contributed by atoms with van der Waals surface area (Å²) in [5.74, 6) is -2.12. The summed E-state index contributed by atoms with van der Waals surface area (Å²) in [4.78, 5) is 23.3. The molecule has 2 aliphatic rings. The van der Waals surface area contributed by atoms with E-state index in [2.05, 4.69) is 0 Å². The molecule has 16 heavy (non-hydrogen) atoms. The summed E-state index contributed by atoms with van der Waals surface area (Å²) in [6, 6.07) is -1.37. The predicted molar refractivity (Wildman–Crippen MR) is 54.7 cm³/mol. The third-order valence-corrected chi connectivity index (χ3v) is 6.80. The van der Waals surface area contributed by atoms with Crippen LogP contribution < -0.4 is 0 Å². The van der Waals surface area contributed by atoms with Crippen LogP contribution in [0.15, 0.2) is 0 Å². The molecule has 90 valence electrons. The van der Waals surface area contributed by atoms with Gasteiger partial charge in [0.15, 0.2) is 15.9 Å². The molecule has 0 bridgehead atoms. The molecule has 0 aromatic heterocycles. The Morgan fingerprint density at radius 3 is 2.62 bits per heavy atom. The standard InChI is InChI=1S/C8H10ClNO5S/c1-8(3-9)6(7(12)13)10-4(11)2-5(10)16(8,14)15/h5-6H,2-3H2,1H3,(H,12,13)/t5-,6+,8-/m1/s1. The van der Waals surface area contributed by atoms with Crippen molar-refractivity contribution in [2.24, 2.45) is 0 Å². The maximum absolute atomic E-state index is 12.0. The van der Waals surface area contributed by atoms with Crippen LogP contribution in [0.3, 0.4) is 0 Å². The molecular formula is C8H10ClNO5S. The number of carbonyl (C=O) groups excluding carboxylic acids is 1. The van der Waals surface area contributed by atoms with Gasteiger partial charge >= 0.3 is 5.97 Å². The molecule has 0 aliphatic carbocycles. The van der Waals surface area contributed by atoms with Crippen molar-refractivity contribution < 1.29 is 23.1 Å². The van der Waals surface area contributed by atoms with E-state index in [4.69, 9.17) is 16.7 Å². The third-order valence-electron chi connectivity index (χ3n) is 3.31. The van der Waals surface area contributed by atoms with Crippen LogP contribution in [-0.2, 0) is 19.4 Å². The highest BCUT2D eigenvalue weighted by Crippen LogP contribution is 2.46. The highest BCUT2D eigenvalue weighted by Gasteiger charge is 2.69. The number of nitrogens with zero attached hydrogens (tertiary/aromatic N) is 1. The fourth-order valence-corrected chi connectivity index (χ4v) is 5.06. The Kier molecular flexibility index (Phi) is 2.26. The van der Waals surface area contributed by atoms with Crippen molar-refractivity contribution in [2.45, 2.75) is 29.5 Å². The molecule has 0 aromatic carbocycles. The molecule has 0 spiro atoms. The minimum absolute atomic E-state index is 0.140. The van der Waals surface area contributed by atoms with Gasteiger partial charge < -0.3 is 10.0 Å². The zero-order chi connectivity index (χ0) is 12.3. The number of carboxylic acids is 1. The average Bonchev–Trinajstić information content (AvgIpc) is 2.32. The molecule has 3 atom stereocenters. The van der Waals surface area contributed by atoms with Gasteiger partial charge in [0, 0.05) is 5.88 Å². The summed E-state index contributed by atoms with van der Waals surface area (Å²) in [7, 11) is -3.71. The van der Waals surface area contributed by atoms with Gasteiger partial charge in [-0.1, -0.05) is 0 Å². The van der Waals surface area contributed by atoms with Crippen LogP contribution in [0.1, 0.15) is 13.3 Å². The summed E-state index contributed by atoms with van der Waals surface area (Å²) in [6.07, 6.45) is -0.140. The SMILES string of the molecule is C[C@@]1(CCl)[C@H](C(=O)O)N2C(=O)C[C@H]2S1(=O)=O. The number of sulfone groups is 1. The van der Waals surface area contributed by atoms with E-state index in [9.17, 15) is 18.0 Å². The lowest BCUT2D eigenvalue weighted by Crippen LogP contribution is -2.57. The van der Waals surface area contributed by atoms with E-state index in [0.717, 1.165) is 4.90 Å². The van der Waals surface area contributed by atoms with Gasteiger partial charge in [-0.2, -0.15) is 0 Å². The smallest absolute Gasteiger partial charge is 0.328 e. The van der Waals surface area contributed by atoms with Crippen molar-refractivity contribution in [3.63, 3.8) is 0 Å². The molecule has 2 rings (SSSR count). The number of aliphatic carboxylic acids is 1. The Hall–Kier alpha value is -0.820.